The van der Waals surface area contributed by atoms with Gasteiger partial charge >= 0.3 is 0 Å². The molecule has 0 saturated carbocycles. The molecule has 0 atom stereocenters. The Morgan fingerprint density at radius 3 is 2.75 bits per heavy atom. The van der Waals surface area contributed by atoms with Crippen molar-refractivity contribution in [2.24, 2.45) is 0 Å². The first-order valence-corrected chi connectivity index (χ1v) is 8.43. The molecular weight excluding hydrogens is 278 g/mol. The molecule has 7 heteroatoms. The average Bonchev–Trinajstić information content (AvgIpc) is 2.65. The zero-order chi connectivity index (χ0) is 14.6. The molecule has 1 aliphatic rings. The van der Waals surface area contributed by atoms with Gasteiger partial charge in [-0.3, -0.25) is 9.52 Å². The van der Waals surface area contributed by atoms with Gasteiger partial charge in [0.2, 0.25) is 10.0 Å². The molecule has 0 unspecified atom stereocenters. The van der Waals surface area contributed by atoms with Crippen LogP contribution in [0, 0.1) is 0 Å². The van der Waals surface area contributed by atoms with Gasteiger partial charge in [0.15, 0.2) is 0 Å². The summed E-state index contributed by atoms with van der Waals surface area (Å²) in [6.07, 6.45) is 1.97. The summed E-state index contributed by atoms with van der Waals surface area (Å²) in [6, 6.07) is 6.68. The van der Waals surface area contributed by atoms with Crippen LogP contribution in [0.25, 0.3) is 0 Å². The van der Waals surface area contributed by atoms with Crippen LogP contribution in [-0.2, 0) is 10.0 Å². The summed E-state index contributed by atoms with van der Waals surface area (Å²) in [5.74, 6) is -0.138. The minimum absolute atomic E-state index is 0.138. The molecule has 0 bridgehead atoms. The van der Waals surface area contributed by atoms with Crippen molar-refractivity contribution in [2.75, 3.05) is 37.2 Å². The number of carbonyl (C=O) groups excluding carboxylic acids is 1. The molecule has 20 heavy (non-hydrogen) atoms. The number of amides is 1. The molecular formula is C13H19N3O3S. The molecule has 1 amide bonds. The summed E-state index contributed by atoms with van der Waals surface area (Å²) in [5, 5.41) is 3.23. The number of para-hydroxylation sites is 1. The summed E-state index contributed by atoms with van der Waals surface area (Å²) in [6.45, 7) is 2.96. The summed E-state index contributed by atoms with van der Waals surface area (Å²) >= 11 is 0. The highest BCUT2D eigenvalue weighted by Crippen LogP contribution is 2.18. The van der Waals surface area contributed by atoms with Crippen molar-refractivity contribution in [3.8, 4) is 0 Å². The number of hydrogen-bond donors (Lipinski definition) is 2. The van der Waals surface area contributed by atoms with Gasteiger partial charge in [0, 0.05) is 19.6 Å². The molecule has 1 aromatic rings. The second-order valence-electron chi connectivity index (χ2n) is 4.82. The predicted molar refractivity (Wildman–Crippen MR) is 78.3 cm³/mol. The molecule has 0 spiro atoms. The molecule has 1 aliphatic heterocycles. The Kier molecular flexibility index (Phi) is 4.61. The standard InChI is InChI=1S/C13H19N3O3S/c1-20(18,19)15-12-6-3-2-5-11(12)13(17)16-9-4-7-14-8-10-16/h2-3,5-6,14-15H,4,7-10H2,1H3. The van der Waals surface area contributed by atoms with Crippen LogP contribution in [0.3, 0.4) is 0 Å². The molecule has 110 valence electrons. The maximum atomic E-state index is 12.5. The van der Waals surface area contributed by atoms with E-state index in [1.54, 1.807) is 29.2 Å². The number of nitrogens with zero attached hydrogens (tertiary/aromatic N) is 1. The van der Waals surface area contributed by atoms with Crippen LogP contribution in [0.5, 0.6) is 0 Å². The number of carbonyl (C=O) groups is 1. The lowest BCUT2D eigenvalue weighted by Crippen LogP contribution is -2.34. The lowest BCUT2D eigenvalue weighted by atomic mass is 10.1. The molecule has 1 saturated heterocycles. The first-order valence-electron chi connectivity index (χ1n) is 6.54. The summed E-state index contributed by atoms with van der Waals surface area (Å²) in [4.78, 5) is 14.3. The second-order valence-corrected chi connectivity index (χ2v) is 6.56. The first kappa shape index (κ1) is 14.8. The molecule has 0 aromatic heterocycles. The zero-order valence-corrected chi connectivity index (χ0v) is 12.2. The van der Waals surface area contributed by atoms with Crippen LogP contribution < -0.4 is 10.0 Å². The Morgan fingerprint density at radius 1 is 1.25 bits per heavy atom. The van der Waals surface area contributed by atoms with E-state index in [0.717, 1.165) is 25.8 Å². The van der Waals surface area contributed by atoms with Crippen LogP contribution in [0.1, 0.15) is 16.8 Å². The van der Waals surface area contributed by atoms with E-state index in [9.17, 15) is 13.2 Å². The van der Waals surface area contributed by atoms with E-state index >= 15 is 0 Å². The SMILES string of the molecule is CS(=O)(=O)Nc1ccccc1C(=O)N1CCCNCC1. The van der Waals surface area contributed by atoms with Gasteiger partial charge in [0.25, 0.3) is 5.91 Å². The molecule has 1 fully saturated rings. The quantitative estimate of drug-likeness (QED) is 0.851. The molecule has 1 heterocycles. The fourth-order valence-electron chi connectivity index (χ4n) is 2.18. The third-order valence-electron chi connectivity index (χ3n) is 3.08. The summed E-state index contributed by atoms with van der Waals surface area (Å²) in [7, 11) is -3.40. The summed E-state index contributed by atoms with van der Waals surface area (Å²) < 4.78 is 25.1. The van der Waals surface area contributed by atoms with E-state index < -0.39 is 10.0 Å². The molecule has 2 N–H and O–H groups in total. The fraction of sp³-hybridized carbons (Fsp3) is 0.462. The molecule has 2 rings (SSSR count). The highest BCUT2D eigenvalue weighted by atomic mass is 32.2. The Hall–Kier alpha value is -1.60. The van der Waals surface area contributed by atoms with Gasteiger partial charge in [-0.05, 0) is 25.1 Å². The van der Waals surface area contributed by atoms with Crippen LogP contribution in [-0.4, -0.2) is 51.7 Å². The van der Waals surface area contributed by atoms with E-state index in [1.165, 1.54) is 0 Å². The minimum Gasteiger partial charge on any atom is -0.337 e. The topological polar surface area (TPSA) is 78.5 Å². The predicted octanol–water partition coefficient (Wildman–Crippen LogP) is 0.494. The number of anilines is 1. The highest BCUT2D eigenvalue weighted by molar-refractivity contribution is 7.92. The number of benzene rings is 1. The van der Waals surface area contributed by atoms with Gasteiger partial charge in [0.05, 0.1) is 17.5 Å². The first-order chi connectivity index (χ1) is 9.47. The minimum atomic E-state index is -3.40. The van der Waals surface area contributed by atoms with Gasteiger partial charge in [-0.1, -0.05) is 12.1 Å². The van der Waals surface area contributed by atoms with Gasteiger partial charge in [-0.2, -0.15) is 0 Å². The van der Waals surface area contributed by atoms with Crippen molar-refractivity contribution in [2.45, 2.75) is 6.42 Å². The van der Waals surface area contributed by atoms with Crippen molar-refractivity contribution in [1.82, 2.24) is 10.2 Å². The van der Waals surface area contributed by atoms with E-state index in [1.807, 2.05) is 0 Å². The molecule has 0 radical (unpaired) electrons. The van der Waals surface area contributed by atoms with Crippen molar-refractivity contribution in [1.29, 1.82) is 0 Å². The Bertz CT molecular complexity index is 578. The largest absolute Gasteiger partial charge is 0.337 e. The van der Waals surface area contributed by atoms with Crippen molar-refractivity contribution >= 4 is 21.6 Å². The van der Waals surface area contributed by atoms with Crippen molar-refractivity contribution in [3.05, 3.63) is 29.8 Å². The van der Waals surface area contributed by atoms with E-state index in [4.69, 9.17) is 0 Å². The van der Waals surface area contributed by atoms with Gasteiger partial charge in [0.1, 0.15) is 0 Å². The maximum Gasteiger partial charge on any atom is 0.256 e. The number of rotatable bonds is 3. The monoisotopic (exact) mass is 297 g/mol. The lowest BCUT2D eigenvalue weighted by molar-refractivity contribution is 0.0767. The van der Waals surface area contributed by atoms with Crippen LogP contribution in [0.4, 0.5) is 5.69 Å². The third-order valence-corrected chi connectivity index (χ3v) is 3.67. The second kappa shape index (κ2) is 6.23. The van der Waals surface area contributed by atoms with Crippen LogP contribution in [0.2, 0.25) is 0 Å². The van der Waals surface area contributed by atoms with Crippen LogP contribution >= 0.6 is 0 Å². The lowest BCUT2D eigenvalue weighted by Gasteiger charge is -2.21. The summed E-state index contributed by atoms with van der Waals surface area (Å²) in [5.41, 5.74) is 0.719. The smallest absolute Gasteiger partial charge is 0.256 e. The normalized spacial score (nSPS) is 16.6. The maximum absolute atomic E-state index is 12.5. The van der Waals surface area contributed by atoms with Crippen molar-refractivity contribution < 1.29 is 13.2 Å². The highest BCUT2D eigenvalue weighted by Gasteiger charge is 2.20. The van der Waals surface area contributed by atoms with E-state index in [2.05, 4.69) is 10.0 Å². The number of hydrogen-bond acceptors (Lipinski definition) is 4. The fourth-order valence-corrected chi connectivity index (χ4v) is 2.75. The molecule has 1 aromatic carbocycles. The number of sulfonamides is 1. The van der Waals surface area contributed by atoms with Gasteiger partial charge in [-0.25, -0.2) is 8.42 Å². The van der Waals surface area contributed by atoms with E-state index in [0.29, 0.717) is 24.3 Å². The Morgan fingerprint density at radius 2 is 2.00 bits per heavy atom. The molecule has 6 nitrogen and oxygen atoms in total. The van der Waals surface area contributed by atoms with Crippen molar-refractivity contribution in [3.63, 3.8) is 0 Å². The Labute approximate surface area is 119 Å². The third kappa shape index (κ3) is 3.94. The van der Waals surface area contributed by atoms with E-state index in [-0.39, 0.29) is 5.91 Å². The Balaban J connectivity index is 2.24. The van der Waals surface area contributed by atoms with Gasteiger partial charge in [-0.15, -0.1) is 0 Å². The molecule has 0 aliphatic carbocycles. The average molecular weight is 297 g/mol. The zero-order valence-electron chi connectivity index (χ0n) is 11.4. The van der Waals surface area contributed by atoms with Gasteiger partial charge < -0.3 is 10.2 Å². The number of nitrogens with one attached hydrogen (secondary N) is 2. The van der Waals surface area contributed by atoms with Crippen LogP contribution in [0.15, 0.2) is 24.3 Å².